The summed E-state index contributed by atoms with van der Waals surface area (Å²) in [5, 5.41) is 2.72. The number of hydrogen-bond donors (Lipinski definition) is 2. The van der Waals surface area contributed by atoms with Crippen LogP contribution in [0.15, 0.2) is 53.4 Å². The van der Waals surface area contributed by atoms with E-state index in [2.05, 4.69) is 5.32 Å². The van der Waals surface area contributed by atoms with E-state index in [9.17, 15) is 13.2 Å². The van der Waals surface area contributed by atoms with Gasteiger partial charge in [0.15, 0.2) is 0 Å². The Morgan fingerprint density at radius 2 is 1.69 bits per heavy atom. The molecule has 3 N–H and O–H groups in total. The van der Waals surface area contributed by atoms with Crippen LogP contribution in [0.1, 0.15) is 22.7 Å². The van der Waals surface area contributed by atoms with Gasteiger partial charge >= 0.3 is 0 Å². The second-order valence-electron chi connectivity index (χ2n) is 6.00. The number of carbonyl (C=O) groups is 1. The summed E-state index contributed by atoms with van der Waals surface area (Å²) in [5.41, 5.74) is 8.29. The van der Waals surface area contributed by atoms with Crippen molar-refractivity contribution in [2.75, 3.05) is 14.1 Å². The zero-order valence-corrected chi connectivity index (χ0v) is 16.6. The molecule has 1 amide bonds. The second kappa shape index (κ2) is 9.14. The molecule has 142 valence electrons. The Hall–Kier alpha value is -1.93. The lowest BCUT2D eigenvalue weighted by Crippen LogP contribution is -2.34. The van der Waals surface area contributed by atoms with E-state index in [1.807, 2.05) is 31.2 Å². The van der Waals surface area contributed by atoms with Gasteiger partial charge in [-0.05, 0) is 24.1 Å². The number of nitrogens with two attached hydrogens (primary N) is 1. The van der Waals surface area contributed by atoms with Crippen LogP contribution in [0.5, 0.6) is 0 Å². The first kappa shape index (κ1) is 22.1. The molecular weight excluding hydrogens is 374 g/mol. The number of aryl methyl sites for hydroxylation is 1. The molecule has 26 heavy (non-hydrogen) atoms. The van der Waals surface area contributed by atoms with Crippen LogP contribution in [0.2, 0.25) is 0 Å². The molecule has 0 bridgehead atoms. The third kappa shape index (κ3) is 5.04. The number of halogens is 1. The van der Waals surface area contributed by atoms with Gasteiger partial charge in [-0.2, -0.15) is 0 Å². The molecule has 0 heterocycles. The second-order valence-corrected chi connectivity index (χ2v) is 8.12. The van der Waals surface area contributed by atoms with Crippen LogP contribution in [0.3, 0.4) is 0 Å². The molecule has 0 aromatic heterocycles. The van der Waals surface area contributed by atoms with Crippen molar-refractivity contribution in [3.8, 4) is 0 Å². The Morgan fingerprint density at radius 1 is 1.12 bits per heavy atom. The largest absolute Gasteiger partial charge is 0.350 e. The average Bonchev–Trinajstić information content (AvgIpc) is 2.59. The molecule has 8 heteroatoms. The number of nitrogens with one attached hydrogen (secondary N) is 1. The Kier molecular flexibility index (Phi) is 7.77. The Balaban J connectivity index is 0.00000338. The van der Waals surface area contributed by atoms with Crippen molar-refractivity contribution in [1.82, 2.24) is 9.62 Å². The molecule has 2 rings (SSSR count). The molecule has 2 aromatic carbocycles. The van der Waals surface area contributed by atoms with Crippen LogP contribution in [-0.2, 0) is 21.4 Å². The van der Waals surface area contributed by atoms with Crippen molar-refractivity contribution >= 4 is 28.3 Å². The maximum Gasteiger partial charge on any atom is 0.242 e. The summed E-state index contributed by atoms with van der Waals surface area (Å²) in [6, 6.07) is 13.2. The average molecular weight is 398 g/mol. The minimum Gasteiger partial charge on any atom is -0.350 e. The summed E-state index contributed by atoms with van der Waals surface area (Å²) in [7, 11) is -0.641. The summed E-state index contributed by atoms with van der Waals surface area (Å²) in [4.78, 5) is 12.5. The Morgan fingerprint density at radius 3 is 2.27 bits per heavy atom. The zero-order chi connectivity index (χ0) is 18.6. The van der Waals surface area contributed by atoms with Crippen LogP contribution in [0.4, 0.5) is 0 Å². The number of carbonyl (C=O) groups excluding carboxylic acids is 1. The van der Waals surface area contributed by atoms with Crippen molar-refractivity contribution in [2.45, 2.75) is 24.4 Å². The topological polar surface area (TPSA) is 92.5 Å². The molecule has 0 aliphatic rings. The number of rotatable bonds is 6. The fourth-order valence-corrected chi connectivity index (χ4v) is 3.43. The van der Waals surface area contributed by atoms with Crippen molar-refractivity contribution in [1.29, 1.82) is 0 Å². The van der Waals surface area contributed by atoms with Crippen LogP contribution < -0.4 is 11.1 Å². The van der Waals surface area contributed by atoms with E-state index in [-0.39, 0.29) is 29.8 Å². The Bertz CT molecular complexity index is 852. The molecule has 1 unspecified atom stereocenters. The first-order valence-corrected chi connectivity index (χ1v) is 9.28. The van der Waals surface area contributed by atoms with E-state index < -0.39 is 16.1 Å². The summed E-state index contributed by atoms with van der Waals surface area (Å²) in [6.07, 6.45) is 0. The van der Waals surface area contributed by atoms with Gasteiger partial charge in [-0.1, -0.05) is 48.0 Å². The fraction of sp³-hybridized carbons (Fsp3) is 0.278. The molecule has 0 aliphatic carbocycles. The van der Waals surface area contributed by atoms with E-state index in [0.717, 1.165) is 9.87 Å². The van der Waals surface area contributed by atoms with E-state index in [1.165, 1.54) is 20.2 Å². The third-order valence-corrected chi connectivity index (χ3v) is 5.82. The minimum atomic E-state index is -3.58. The lowest BCUT2D eigenvalue weighted by molar-refractivity contribution is -0.122. The quantitative estimate of drug-likeness (QED) is 0.779. The highest BCUT2D eigenvalue weighted by Crippen LogP contribution is 2.19. The molecule has 0 aliphatic heterocycles. The van der Waals surface area contributed by atoms with Crippen molar-refractivity contribution < 1.29 is 13.2 Å². The third-order valence-electron chi connectivity index (χ3n) is 3.90. The van der Waals surface area contributed by atoms with Crippen LogP contribution in [0.25, 0.3) is 0 Å². The number of amides is 1. The molecule has 1 atom stereocenters. The molecular formula is C18H24ClN3O3S. The number of nitrogens with zero attached hydrogens (tertiary/aromatic N) is 1. The number of hydrogen-bond acceptors (Lipinski definition) is 4. The van der Waals surface area contributed by atoms with Gasteiger partial charge in [0.1, 0.15) is 6.04 Å². The summed E-state index contributed by atoms with van der Waals surface area (Å²) in [6.45, 7) is 2.04. The SMILES string of the molecule is Cc1ccc(C(N)C(=O)NCc2ccccc2S(=O)(=O)N(C)C)cc1.Cl. The van der Waals surface area contributed by atoms with Crippen molar-refractivity contribution in [3.05, 3.63) is 65.2 Å². The first-order chi connectivity index (χ1) is 11.7. The molecule has 2 aromatic rings. The maximum atomic E-state index is 12.4. The van der Waals surface area contributed by atoms with Crippen molar-refractivity contribution in [3.63, 3.8) is 0 Å². The van der Waals surface area contributed by atoms with E-state index in [1.54, 1.807) is 18.2 Å². The van der Waals surface area contributed by atoms with Gasteiger partial charge in [-0.3, -0.25) is 4.79 Å². The number of benzene rings is 2. The van der Waals surface area contributed by atoms with Gasteiger partial charge in [-0.25, -0.2) is 12.7 Å². The van der Waals surface area contributed by atoms with E-state index in [0.29, 0.717) is 11.1 Å². The van der Waals surface area contributed by atoms with Crippen LogP contribution >= 0.6 is 12.4 Å². The van der Waals surface area contributed by atoms with Gasteiger partial charge in [0.25, 0.3) is 0 Å². The van der Waals surface area contributed by atoms with Crippen LogP contribution in [-0.4, -0.2) is 32.7 Å². The summed E-state index contributed by atoms with van der Waals surface area (Å²) < 4.78 is 25.9. The predicted molar refractivity (Wildman–Crippen MR) is 105 cm³/mol. The lowest BCUT2D eigenvalue weighted by Gasteiger charge is -2.17. The molecule has 0 radical (unpaired) electrons. The minimum absolute atomic E-state index is 0. The summed E-state index contributed by atoms with van der Waals surface area (Å²) >= 11 is 0. The normalized spacial score (nSPS) is 12.3. The zero-order valence-electron chi connectivity index (χ0n) is 15.0. The molecule has 0 saturated heterocycles. The monoisotopic (exact) mass is 397 g/mol. The highest BCUT2D eigenvalue weighted by molar-refractivity contribution is 7.89. The maximum absolute atomic E-state index is 12.4. The van der Waals surface area contributed by atoms with Crippen molar-refractivity contribution in [2.24, 2.45) is 5.73 Å². The molecule has 6 nitrogen and oxygen atoms in total. The smallest absolute Gasteiger partial charge is 0.242 e. The van der Waals surface area contributed by atoms with Gasteiger partial charge in [0.05, 0.1) is 4.90 Å². The first-order valence-electron chi connectivity index (χ1n) is 7.84. The highest BCUT2D eigenvalue weighted by atomic mass is 35.5. The van der Waals surface area contributed by atoms with Gasteiger partial charge in [0.2, 0.25) is 15.9 Å². The lowest BCUT2D eigenvalue weighted by atomic mass is 10.1. The Labute approximate surface area is 160 Å². The molecule has 0 fully saturated rings. The van der Waals surface area contributed by atoms with Gasteiger partial charge in [-0.15, -0.1) is 12.4 Å². The molecule has 0 saturated carbocycles. The number of sulfonamides is 1. The predicted octanol–water partition coefficient (Wildman–Crippen LogP) is 1.98. The van der Waals surface area contributed by atoms with E-state index >= 15 is 0 Å². The van der Waals surface area contributed by atoms with Crippen LogP contribution in [0, 0.1) is 6.92 Å². The van der Waals surface area contributed by atoms with Gasteiger partial charge in [0, 0.05) is 20.6 Å². The summed E-state index contributed by atoms with van der Waals surface area (Å²) in [5.74, 6) is -0.360. The van der Waals surface area contributed by atoms with Gasteiger partial charge < -0.3 is 11.1 Å². The highest BCUT2D eigenvalue weighted by Gasteiger charge is 2.22. The van der Waals surface area contributed by atoms with E-state index in [4.69, 9.17) is 5.73 Å². The molecule has 0 spiro atoms. The fourth-order valence-electron chi connectivity index (χ4n) is 2.32. The standard InChI is InChI=1S/C18H23N3O3S.ClH/c1-13-8-10-14(11-9-13)17(19)18(22)20-12-15-6-4-5-7-16(15)25(23,24)21(2)3;/h4-11,17H,12,19H2,1-3H3,(H,20,22);1H.